The van der Waals surface area contributed by atoms with Gasteiger partial charge in [0.1, 0.15) is 0 Å². The van der Waals surface area contributed by atoms with Crippen molar-refractivity contribution in [1.29, 1.82) is 0 Å². The van der Waals surface area contributed by atoms with E-state index in [1.54, 1.807) is 0 Å². The molecule has 1 aromatic carbocycles. The molecule has 0 aliphatic heterocycles. The largest absolute Gasteiger partial charge is 0.278 e. The Morgan fingerprint density at radius 1 is 1.40 bits per heavy atom. The molecule has 0 spiro atoms. The van der Waals surface area contributed by atoms with Gasteiger partial charge in [0, 0.05) is 7.05 Å². The van der Waals surface area contributed by atoms with Gasteiger partial charge in [0.25, 0.3) is 0 Å². The zero-order chi connectivity index (χ0) is 10.7. The summed E-state index contributed by atoms with van der Waals surface area (Å²) in [5, 5.41) is 3.00. The van der Waals surface area contributed by atoms with Crippen molar-refractivity contribution in [3.8, 4) is 0 Å². The molecule has 0 saturated carbocycles. The average molecular weight is 237 g/mol. The summed E-state index contributed by atoms with van der Waals surface area (Å²) in [5.74, 6) is 0. The predicted octanol–water partition coefficient (Wildman–Crippen LogP) is 2.25. The van der Waals surface area contributed by atoms with Crippen molar-refractivity contribution < 1.29 is 0 Å². The van der Waals surface area contributed by atoms with E-state index in [0.717, 1.165) is 8.76 Å². The molecule has 0 aliphatic carbocycles. The first-order valence-electron chi connectivity index (χ1n) is 4.56. The van der Waals surface area contributed by atoms with Gasteiger partial charge in [0.05, 0.1) is 6.54 Å². The molecule has 2 aromatic rings. The molecule has 0 amide bonds. The van der Waals surface area contributed by atoms with E-state index < -0.39 is 0 Å². The summed E-state index contributed by atoms with van der Waals surface area (Å²) in [7, 11) is 1.91. The van der Waals surface area contributed by atoms with Crippen molar-refractivity contribution in [3.63, 3.8) is 0 Å². The number of benzene rings is 1. The quantitative estimate of drug-likeness (QED) is 0.798. The highest BCUT2D eigenvalue weighted by molar-refractivity contribution is 7.73. The third kappa shape index (κ3) is 2.64. The highest BCUT2D eigenvalue weighted by Crippen LogP contribution is 1.99. The third-order valence-corrected chi connectivity index (χ3v) is 3.17. The summed E-state index contributed by atoms with van der Waals surface area (Å²) < 4.78 is 2.60. The van der Waals surface area contributed by atoms with Crippen LogP contribution in [0.1, 0.15) is 5.56 Å². The fourth-order valence-corrected chi connectivity index (χ4v) is 2.26. The van der Waals surface area contributed by atoms with Crippen molar-refractivity contribution in [2.45, 2.75) is 6.54 Å². The molecule has 0 saturated heterocycles. The van der Waals surface area contributed by atoms with Gasteiger partial charge in [-0.25, -0.2) is 0 Å². The molecular formula is C10H11N3S2. The number of aromatic nitrogens is 2. The van der Waals surface area contributed by atoms with Gasteiger partial charge in [-0.15, -0.1) is 0 Å². The monoisotopic (exact) mass is 237 g/mol. The molecule has 3 nitrogen and oxygen atoms in total. The van der Waals surface area contributed by atoms with E-state index in [1.165, 1.54) is 16.9 Å². The Balaban J connectivity index is 2.26. The molecule has 5 heteroatoms. The van der Waals surface area contributed by atoms with E-state index in [1.807, 2.05) is 29.9 Å². The summed E-state index contributed by atoms with van der Waals surface area (Å²) in [4.78, 5) is 5.40. The van der Waals surface area contributed by atoms with E-state index in [4.69, 9.17) is 12.2 Å². The van der Waals surface area contributed by atoms with Crippen molar-refractivity contribution in [2.24, 2.45) is 12.0 Å². The summed E-state index contributed by atoms with van der Waals surface area (Å²) in [6.07, 6.45) is 0. The molecule has 0 atom stereocenters. The van der Waals surface area contributed by atoms with Crippen molar-refractivity contribution in [3.05, 3.63) is 44.7 Å². The van der Waals surface area contributed by atoms with E-state index in [-0.39, 0.29) is 0 Å². The van der Waals surface area contributed by atoms with Crippen LogP contribution in [0.3, 0.4) is 0 Å². The van der Waals surface area contributed by atoms with Crippen LogP contribution < -0.4 is 4.80 Å². The number of hydrogen-bond donors (Lipinski definition) is 1. The number of H-pyrrole nitrogens is 1. The number of nitrogens with one attached hydrogen (secondary N) is 1. The van der Waals surface area contributed by atoms with Crippen LogP contribution in [-0.2, 0) is 13.6 Å². The first-order valence-corrected chi connectivity index (χ1v) is 5.79. The van der Waals surface area contributed by atoms with Crippen LogP contribution >= 0.6 is 23.6 Å². The molecule has 15 heavy (non-hydrogen) atoms. The van der Waals surface area contributed by atoms with Gasteiger partial charge in [-0.05, 0) is 17.8 Å². The number of nitrogens with zero attached hydrogens (tertiary/aromatic N) is 2. The van der Waals surface area contributed by atoms with Gasteiger partial charge >= 0.3 is 0 Å². The number of aryl methyl sites for hydroxylation is 1. The maximum atomic E-state index is 5.03. The molecule has 1 heterocycles. The molecule has 0 aliphatic rings. The van der Waals surface area contributed by atoms with Crippen LogP contribution in [0.2, 0.25) is 0 Å². The van der Waals surface area contributed by atoms with Gasteiger partial charge in [0.15, 0.2) is 3.95 Å². The number of rotatable bonds is 2. The summed E-state index contributed by atoms with van der Waals surface area (Å²) in [5.41, 5.74) is 1.21. The van der Waals surface area contributed by atoms with Crippen LogP contribution in [0.4, 0.5) is 0 Å². The fraction of sp³-hybridized carbons (Fsp3) is 0.200. The van der Waals surface area contributed by atoms with E-state index in [0.29, 0.717) is 6.54 Å². The van der Waals surface area contributed by atoms with Gasteiger partial charge in [-0.3, -0.25) is 14.8 Å². The van der Waals surface area contributed by atoms with Gasteiger partial charge in [-0.1, -0.05) is 41.7 Å². The Bertz CT molecular complexity index is 548. The molecule has 0 fully saturated rings. The second-order valence-corrected chi connectivity index (χ2v) is 4.79. The van der Waals surface area contributed by atoms with Crippen LogP contribution in [0.5, 0.6) is 0 Å². The van der Waals surface area contributed by atoms with Crippen LogP contribution in [0.15, 0.2) is 35.3 Å². The topological polar surface area (TPSA) is 33.1 Å². The minimum Gasteiger partial charge on any atom is -0.278 e. The lowest BCUT2D eigenvalue weighted by atomic mass is 10.2. The first-order chi connectivity index (χ1) is 7.25. The maximum Gasteiger partial charge on any atom is 0.202 e. The van der Waals surface area contributed by atoms with E-state index in [9.17, 15) is 0 Å². The van der Waals surface area contributed by atoms with Gasteiger partial charge in [0.2, 0.25) is 4.80 Å². The molecule has 78 valence electrons. The molecule has 0 radical (unpaired) electrons. The van der Waals surface area contributed by atoms with Crippen LogP contribution in [0, 0.1) is 3.95 Å². The SMILES string of the molecule is Cn1[nH]c(=S)sc1=NCc1ccccc1. The van der Waals surface area contributed by atoms with Crippen LogP contribution in [-0.4, -0.2) is 9.78 Å². The molecular weight excluding hydrogens is 226 g/mol. The lowest BCUT2D eigenvalue weighted by Gasteiger charge is -1.94. The zero-order valence-electron chi connectivity index (χ0n) is 8.30. The minimum absolute atomic E-state index is 0.692. The Labute approximate surface area is 96.7 Å². The molecule has 1 N–H and O–H groups in total. The van der Waals surface area contributed by atoms with Crippen LogP contribution in [0.25, 0.3) is 0 Å². The smallest absolute Gasteiger partial charge is 0.202 e. The normalized spacial score (nSPS) is 11.9. The lowest BCUT2D eigenvalue weighted by molar-refractivity contribution is 0.713. The highest BCUT2D eigenvalue weighted by Gasteiger charge is 1.92. The Kier molecular flexibility index (Phi) is 3.13. The standard InChI is InChI=1S/C10H11N3S2/c1-13-9(15-10(14)12-13)11-7-8-5-3-2-4-6-8/h2-6H,7H2,1H3,(H,12,14). The van der Waals surface area contributed by atoms with Crippen molar-refractivity contribution in [1.82, 2.24) is 9.78 Å². The van der Waals surface area contributed by atoms with Crippen molar-refractivity contribution >= 4 is 23.6 Å². The Hall–Kier alpha value is -1.20. The molecule has 2 rings (SSSR count). The zero-order valence-corrected chi connectivity index (χ0v) is 9.94. The number of hydrogen-bond acceptors (Lipinski definition) is 3. The van der Waals surface area contributed by atoms with Gasteiger partial charge in [-0.2, -0.15) is 0 Å². The lowest BCUT2D eigenvalue weighted by Crippen LogP contribution is -2.11. The van der Waals surface area contributed by atoms with Crippen molar-refractivity contribution in [2.75, 3.05) is 0 Å². The summed E-state index contributed by atoms with van der Waals surface area (Å²) in [6, 6.07) is 10.2. The van der Waals surface area contributed by atoms with E-state index >= 15 is 0 Å². The highest BCUT2D eigenvalue weighted by atomic mass is 32.1. The van der Waals surface area contributed by atoms with Gasteiger partial charge < -0.3 is 0 Å². The Morgan fingerprint density at radius 3 is 2.73 bits per heavy atom. The second kappa shape index (κ2) is 4.55. The van der Waals surface area contributed by atoms with E-state index in [2.05, 4.69) is 22.2 Å². The summed E-state index contributed by atoms with van der Waals surface area (Å²) in [6.45, 7) is 0.692. The Morgan fingerprint density at radius 2 is 2.13 bits per heavy atom. The minimum atomic E-state index is 0.692. The maximum absolute atomic E-state index is 5.03. The molecule has 1 aromatic heterocycles. The first kappa shape index (κ1) is 10.3. The summed E-state index contributed by atoms with van der Waals surface area (Å²) >= 11 is 6.52. The second-order valence-electron chi connectivity index (χ2n) is 3.14. The fourth-order valence-electron chi connectivity index (χ4n) is 1.24. The third-order valence-electron chi connectivity index (χ3n) is 1.97. The molecule has 0 unspecified atom stereocenters. The number of aromatic amines is 1. The predicted molar refractivity (Wildman–Crippen MR) is 64.2 cm³/mol. The average Bonchev–Trinajstić information content (AvgIpc) is 2.56. The molecule has 0 bridgehead atoms.